The molecule has 1 amide bonds. The maximum Gasteiger partial charge on any atom is 0.266 e. The van der Waals surface area contributed by atoms with Gasteiger partial charge in [0.2, 0.25) is 5.91 Å². The number of carbonyl (C=O) groups excluding carboxylic acids is 1. The molecule has 162 valence electrons. The first-order chi connectivity index (χ1) is 14.8. The molecular weight excluding hydrogens is 413 g/mol. The molecule has 31 heavy (non-hydrogen) atoms. The molecule has 1 aliphatic heterocycles. The highest BCUT2D eigenvalue weighted by Crippen LogP contribution is 2.28. The first-order valence-corrected chi connectivity index (χ1v) is 11.4. The van der Waals surface area contributed by atoms with E-state index in [1.807, 2.05) is 17.9 Å². The molecule has 0 N–H and O–H groups in total. The number of likely N-dealkylation sites (tertiary alicyclic amines) is 1. The number of amides is 1. The first-order valence-electron chi connectivity index (χ1n) is 10.6. The second-order valence-electron chi connectivity index (χ2n) is 8.48. The minimum Gasteiger partial charge on any atom is -0.341 e. The van der Waals surface area contributed by atoms with Gasteiger partial charge in [-0.25, -0.2) is 9.37 Å². The number of nitrogens with zero attached hydrogens (tertiary/aromatic N) is 3. The average molecular weight is 440 g/mol. The monoisotopic (exact) mass is 439 g/mol. The Morgan fingerprint density at radius 1 is 1.10 bits per heavy atom. The molecule has 2 heterocycles. The van der Waals surface area contributed by atoms with E-state index < -0.39 is 5.25 Å². The first kappa shape index (κ1) is 21.6. The van der Waals surface area contributed by atoms with E-state index in [1.54, 1.807) is 30.3 Å². The number of fused-ring (bicyclic) bond motifs is 1. The lowest BCUT2D eigenvalue weighted by atomic mass is 9.92. The summed E-state index contributed by atoms with van der Waals surface area (Å²) in [6.07, 6.45) is 1.13. The van der Waals surface area contributed by atoms with Gasteiger partial charge in [0.05, 0.1) is 21.8 Å². The lowest BCUT2D eigenvalue weighted by molar-refractivity contribution is -0.132. The molecule has 0 saturated carbocycles. The Labute approximate surface area is 185 Å². The van der Waals surface area contributed by atoms with E-state index in [4.69, 9.17) is 4.98 Å². The van der Waals surface area contributed by atoms with Gasteiger partial charge in [0.1, 0.15) is 5.82 Å². The summed E-state index contributed by atoms with van der Waals surface area (Å²) < 4.78 is 15.0. The van der Waals surface area contributed by atoms with Gasteiger partial charge in [-0.15, -0.1) is 0 Å². The van der Waals surface area contributed by atoms with Crippen molar-refractivity contribution in [1.29, 1.82) is 0 Å². The summed E-state index contributed by atoms with van der Waals surface area (Å²) in [6.45, 7) is 7.71. The fraction of sp³-hybridized carbons (Fsp3) is 0.375. The van der Waals surface area contributed by atoms with Crippen molar-refractivity contribution in [3.05, 3.63) is 64.7 Å². The number of aromatic nitrogens is 2. The van der Waals surface area contributed by atoms with E-state index in [2.05, 4.69) is 13.8 Å². The van der Waals surface area contributed by atoms with Gasteiger partial charge in [0.25, 0.3) is 5.56 Å². The fourth-order valence-electron chi connectivity index (χ4n) is 4.32. The maximum absolute atomic E-state index is 13.5. The fourth-order valence-corrected chi connectivity index (χ4v) is 5.33. The molecule has 1 aliphatic rings. The van der Waals surface area contributed by atoms with Crippen molar-refractivity contribution in [2.24, 2.45) is 11.8 Å². The van der Waals surface area contributed by atoms with Gasteiger partial charge in [-0.05, 0) is 61.6 Å². The number of hydrogen-bond acceptors (Lipinski definition) is 4. The highest BCUT2D eigenvalue weighted by Gasteiger charge is 2.29. The second-order valence-corrected chi connectivity index (χ2v) is 9.79. The summed E-state index contributed by atoms with van der Waals surface area (Å²) in [5.41, 5.74) is 0.861. The average Bonchev–Trinajstić information content (AvgIpc) is 2.74. The van der Waals surface area contributed by atoms with Gasteiger partial charge in [-0.2, -0.15) is 0 Å². The number of rotatable bonds is 4. The Bertz CT molecular complexity index is 1150. The highest BCUT2D eigenvalue weighted by atomic mass is 32.2. The van der Waals surface area contributed by atoms with Gasteiger partial charge in [0, 0.05) is 13.1 Å². The van der Waals surface area contributed by atoms with Crippen LogP contribution in [-0.2, 0) is 4.79 Å². The lowest BCUT2D eigenvalue weighted by Crippen LogP contribution is -2.45. The van der Waals surface area contributed by atoms with E-state index in [0.29, 0.717) is 33.6 Å². The molecule has 0 spiro atoms. The van der Waals surface area contributed by atoms with E-state index in [1.165, 1.54) is 28.5 Å². The van der Waals surface area contributed by atoms with Crippen molar-refractivity contribution in [2.75, 3.05) is 13.1 Å². The molecule has 1 aromatic heterocycles. The summed E-state index contributed by atoms with van der Waals surface area (Å²) >= 11 is 1.27. The van der Waals surface area contributed by atoms with Crippen molar-refractivity contribution in [3.8, 4) is 5.69 Å². The standard InChI is InChI=1S/C24H26FN3O2S/c1-15-12-16(2)14-27(13-15)22(29)17(3)31-24-26-21-7-5-4-6-20(21)23(30)28(24)19-10-8-18(25)9-11-19/h4-11,15-17H,12-14H2,1-3H3. The quantitative estimate of drug-likeness (QED) is 0.443. The number of carbonyl (C=O) groups is 1. The molecule has 4 rings (SSSR count). The Kier molecular flexibility index (Phi) is 6.14. The molecule has 7 heteroatoms. The molecule has 0 aliphatic carbocycles. The van der Waals surface area contributed by atoms with E-state index in [0.717, 1.165) is 19.5 Å². The number of para-hydroxylation sites is 1. The van der Waals surface area contributed by atoms with E-state index >= 15 is 0 Å². The molecule has 5 nitrogen and oxygen atoms in total. The van der Waals surface area contributed by atoms with Gasteiger partial charge in [-0.3, -0.25) is 14.2 Å². The third-order valence-corrected chi connectivity index (χ3v) is 6.68. The van der Waals surface area contributed by atoms with Crippen LogP contribution in [0.25, 0.3) is 16.6 Å². The van der Waals surface area contributed by atoms with Crippen LogP contribution in [0.5, 0.6) is 0 Å². The Balaban J connectivity index is 1.72. The molecule has 3 atom stereocenters. The van der Waals surface area contributed by atoms with Crippen LogP contribution < -0.4 is 5.56 Å². The SMILES string of the molecule is CC1CC(C)CN(C(=O)C(C)Sc2nc3ccccc3c(=O)n2-c2ccc(F)cc2)C1. The van der Waals surface area contributed by atoms with Gasteiger partial charge in [0.15, 0.2) is 5.16 Å². The van der Waals surface area contributed by atoms with Crippen molar-refractivity contribution in [2.45, 2.75) is 37.6 Å². The number of thioether (sulfide) groups is 1. The van der Waals surface area contributed by atoms with Crippen LogP contribution in [0.15, 0.2) is 58.5 Å². The molecule has 3 aromatic rings. The maximum atomic E-state index is 13.5. The summed E-state index contributed by atoms with van der Waals surface area (Å²) in [5.74, 6) is 0.621. The number of hydrogen-bond donors (Lipinski definition) is 0. The van der Waals surface area contributed by atoms with Crippen molar-refractivity contribution in [1.82, 2.24) is 14.5 Å². The van der Waals surface area contributed by atoms with E-state index in [9.17, 15) is 14.0 Å². The van der Waals surface area contributed by atoms with Gasteiger partial charge < -0.3 is 4.90 Å². The minimum absolute atomic E-state index is 0.0523. The van der Waals surface area contributed by atoms with Crippen molar-refractivity contribution >= 4 is 28.6 Å². The Morgan fingerprint density at radius 2 is 1.74 bits per heavy atom. The van der Waals surface area contributed by atoms with Crippen LogP contribution >= 0.6 is 11.8 Å². The van der Waals surface area contributed by atoms with Crippen LogP contribution in [0.2, 0.25) is 0 Å². The van der Waals surface area contributed by atoms with Crippen LogP contribution in [0, 0.1) is 17.7 Å². The van der Waals surface area contributed by atoms with Crippen LogP contribution in [0.3, 0.4) is 0 Å². The van der Waals surface area contributed by atoms with Crippen molar-refractivity contribution in [3.63, 3.8) is 0 Å². The third kappa shape index (κ3) is 4.51. The molecule has 1 saturated heterocycles. The largest absolute Gasteiger partial charge is 0.341 e. The number of benzene rings is 2. The number of piperidine rings is 1. The molecule has 0 radical (unpaired) electrons. The zero-order valence-electron chi connectivity index (χ0n) is 17.9. The zero-order chi connectivity index (χ0) is 22.1. The summed E-state index contributed by atoms with van der Waals surface area (Å²) in [5, 5.41) is 0.500. The zero-order valence-corrected chi connectivity index (χ0v) is 18.7. The van der Waals surface area contributed by atoms with Gasteiger partial charge in [-0.1, -0.05) is 37.7 Å². The van der Waals surface area contributed by atoms with Crippen molar-refractivity contribution < 1.29 is 9.18 Å². The summed E-state index contributed by atoms with van der Waals surface area (Å²) in [4.78, 5) is 33.1. The second kappa shape index (κ2) is 8.83. The molecule has 3 unspecified atom stereocenters. The normalized spacial score (nSPS) is 20.1. The van der Waals surface area contributed by atoms with Gasteiger partial charge >= 0.3 is 0 Å². The lowest BCUT2D eigenvalue weighted by Gasteiger charge is -2.36. The van der Waals surface area contributed by atoms with E-state index in [-0.39, 0.29) is 17.3 Å². The minimum atomic E-state index is -0.405. The molecule has 2 aromatic carbocycles. The topological polar surface area (TPSA) is 55.2 Å². The highest BCUT2D eigenvalue weighted by molar-refractivity contribution is 8.00. The predicted molar refractivity (Wildman–Crippen MR) is 122 cm³/mol. The Morgan fingerprint density at radius 3 is 2.42 bits per heavy atom. The number of halogens is 1. The molecule has 0 bridgehead atoms. The molecule has 1 fully saturated rings. The predicted octanol–water partition coefficient (Wildman–Crippen LogP) is 4.51. The van der Waals surface area contributed by atoms with Crippen LogP contribution in [0.1, 0.15) is 27.2 Å². The third-order valence-electron chi connectivity index (χ3n) is 5.64. The summed E-state index contributed by atoms with van der Waals surface area (Å²) in [6, 6.07) is 12.9. The molecular formula is C24H26FN3O2S. The van der Waals surface area contributed by atoms with Crippen LogP contribution in [-0.4, -0.2) is 38.7 Å². The van der Waals surface area contributed by atoms with Crippen LogP contribution in [0.4, 0.5) is 4.39 Å². The summed E-state index contributed by atoms with van der Waals surface area (Å²) in [7, 11) is 0. The Hall–Kier alpha value is -2.67. The smallest absolute Gasteiger partial charge is 0.266 e.